The van der Waals surface area contributed by atoms with Crippen LogP contribution in [0.5, 0.6) is 11.5 Å². The number of aliphatic hydroxyl groups is 2. The lowest BCUT2D eigenvalue weighted by molar-refractivity contribution is 0.0978. The van der Waals surface area contributed by atoms with E-state index in [1.807, 2.05) is 0 Å². The maximum atomic E-state index is 12.8. The zero-order chi connectivity index (χ0) is 18.5. The molecule has 2 aromatic rings. The molecule has 6 heteroatoms. The van der Waals surface area contributed by atoms with E-state index in [-0.39, 0.29) is 24.8 Å². The molecule has 136 valence electrons. The van der Waals surface area contributed by atoms with Crippen LogP contribution >= 0.6 is 0 Å². The quantitative estimate of drug-likeness (QED) is 0.600. The SMILES string of the molecule is O=C1c2ccc(OCCCO)cc2C(=O)c2ccc(OCCCO)cc21. The number of carbonyl (C=O) groups excluding carboxylic acids is 2. The van der Waals surface area contributed by atoms with Gasteiger partial charge in [0.05, 0.1) is 13.2 Å². The van der Waals surface area contributed by atoms with Crippen molar-refractivity contribution in [1.82, 2.24) is 0 Å². The molecule has 0 spiro atoms. The summed E-state index contributed by atoms with van der Waals surface area (Å²) in [5, 5.41) is 17.6. The molecular weight excluding hydrogens is 336 g/mol. The van der Waals surface area contributed by atoms with Crippen LogP contribution in [0.3, 0.4) is 0 Å². The number of benzene rings is 2. The first-order valence-electron chi connectivity index (χ1n) is 8.50. The monoisotopic (exact) mass is 356 g/mol. The van der Waals surface area contributed by atoms with Crippen molar-refractivity contribution in [1.29, 1.82) is 0 Å². The molecule has 0 fully saturated rings. The Bertz CT molecular complexity index is 758. The second-order valence-electron chi connectivity index (χ2n) is 5.92. The number of rotatable bonds is 8. The van der Waals surface area contributed by atoms with Crippen molar-refractivity contribution in [2.24, 2.45) is 0 Å². The molecule has 2 N–H and O–H groups in total. The molecule has 0 heterocycles. The summed E-state index contributed by atoms with van der Waals surface area (Å²) in [4.78, 5) is 25.6. The first kappa shape index (κ1) is 18.1. The summed E-state index contributed by atoms with van der Waals surface area (Å²) in [5.41, 5.74) is 1.31. The number of hydrogen-bond acceptors (Lipinski definition) is 6. The van der Waals surface area contributed by atoms with Gasteiger partial charge >= 0.3 is 0 Å². The lowest BCUT2D eigenvalue weighted by Gasteiger charge is -2.19. The fraction of sp³-hybridized carbons (Fsp3) is 0.300. The summed E-state index contributed by atoms with van der Waals surface area (Å²) in [6.07, 6.45) is 0.984. The number of ether oxygens (including phenoxy) is 2. The number of carbonyl (C=O) groups is 2. The van der Waals surface area contributed by atoms with Crippen LogP contribution in [0.4, 0.5) is 0 Å². The maximum Gasteiger partial charge on any atom is 0.194 e. The highest BCUT2D eigenvalue weighted by molar-refractivity contribution is 6.28. The molecule has 1 aliphatic carbocycles. The van der Waals surface area contributed by atoms with E-state index in [4.69, 9.17) is 19.7 Å². The molecule has 2 aromatic carbocycles. The molecular formula is C20H20O6. The smallest absolute Gasteiger partial charge is 0.194 e. The minimum atomic E-state index is -0.232. The molecule has 0 radical (unpaired) electrons. The number of hydrogen-bond donors (Lipinski definition) is 2. The van der Waals surface area contributed by atoms with Gasteiger partial charge in [0.25, 0.3) is 0 Å². The van der Waals surface area contributed by atoms with Gasteiger partial charge in [0, 0.05) is 48.3 Å². The first-order chi connectivity index (χ1) is 12.7. The van der Waals surface area contributed by atoms with E-state index in [9.17, 15) is 9.59 Å². The summed E-state index contributed by atoms with van der Waals surface area (Å²) in [7, 11) is 0. The van der Waals surface area contributed by atoms with Crippen LogP contribution in [0.25, 0.3) is 0 Å². The first-order valence-corrected chi connectivity index (χ1v) is 8.50. The Hall–Kier alpha value is -2.70. The highest BCUT2D eigenvalue weighted by Gasteiger charge is 2.30. The Balaban J connectivity index is 1.87. The molecule has 0 aromatic heterocycles. The maximum absolute atomic E-state index is 12.8. The Kier molecular flexibility index (Phi) is 5.65. The van der Waals surface area contributed by atoms with Crippen molar-refractivity contribution in [2.75, 3.05) is 26.4 Å². The van der Waals surface area contributed by atoms with Gasteiger partial charge in [0.1, 0.15) is 11.5 Å². The van der Waals surface area contributed by atoms with Gasteiger partial charge in [0.2, 0.25) is 0 Å². The Morgan fingerprint density at radius 1 is 0.654 bits per heavy atom. The van der Waals surface area contributed by atoms with E-state index in [0.717, 1.165) is 0 Å². The van der Waals surface area contributed by atoms with Gasteiger partial charge < -0.3 is 19.7 Å². The van der Waals surface area contributed by atoms with E-state index in [2.05, 4.69) is 0 Å². The Morgan fingerprint density at radius 3 is 1.46 bits per heavy atom. The van der Waals surface area contributed by atoms with Gasteiger partial charge in [-0.25, -0.2) is 0 Å². The van der Waals surface area contributed by atoms with Crippen LogP contribution < -0.4 is 9.47 Å². The summed E-state index contributed by atoms with van der Waals surface area (Å²) >= 11 is 0. The van der Waals surface area contributed by atoms with Gasteiger partial charge in [-0.2, -0.15) is 0 Å². The molecule has 0 atom stereocenters. The minimum absolute atomic E-state index is 0.0262. The molecule has 1 aliphatic rings. The number of fused-ring (bicyclic) bond motifs is 2. The van der Waals surface area contributed by atoms with E-state index < -0.39 is 0 Å². The number of aliphatic hydroxyl groups excluding tert-OH is 2. The van der Waals surface area contributed by atoms with Gasteiger partial charge in [-0.1, -0.05) is 0 Å². The topological polar surface area (TPSA) is 93.1 Å². The molecule has 0 amide bonds. The third-order valence-corrected chi connectivity index (χ3v) is 4.10. The van der Waals surface area contributed by atoms with Gasteiger partial charge in [-0.05, 0) is 36.4 Å². The normalized spacial score (nSPS) is 12.5. The molecule has 0 saturated heterocycles. The highest BCUT2D eigenvalue weighted by Crippen LogP contribution is 2.32. The van der Waals surface area contributed by atoms with Crippen LogP contribution in [0, 0.1) is 0 Å². The van der Waals surface area contributed by atoms with E-state index in [0.29, 0.717) is 59.8 Å². The standard InChI is InChI=1S/C20H20O6/c21-7-1-9-25-13-3-5-15-17(11-13)19(23)16-6-4-14(26-10-2-8-22)12-18(16)20(15)24/h3-6,11-12,21-22H,1-2,7-10H2. The summed E-state index contributed by atoms with van der Waals surface area (Å²) in [6.45, 7) is 0.724. The fourth-order valence-corrected chi connectivity index (χ4v) is 2.80. The Morgan fingerprint density at radius 2 is 1.08 bits per heavy atom. The molecule has 0 saturated carbocycles. The molecule has 3 rings (SSSR count). The summed E-state index contributed by atoms with van der Waals surface area (Å²) in [5.74, 6) is 0.518. The van der Waals surface area contributed by atoms with Gasteiger partial charge in [-0.3, -0.25) is 9.59 Å². The van der Waals surface area contributed by atoms with Crippen LogP contribution in [0.1, 0.15) is 44.7 Å². The van der Waals surface area contributed by atoms with Crippen molar-refractivity contribution >= 4 is 11.6 Å². The van der Waals surface area contributed by atoms with Crippen molar-refractivity contribution in [2.45, 2.75) is 12.8 Å². The van der Waals surface area contributed by atoms with Crippen LogP contribution in [0.15, 0.2) is 36.4 Å². The third kappa shape index (κ3) is 3.61. The van der Waals surface area contributed by atoms with E-state index in [1.54, 1.807) is 36.4 Å². The highest BCUT2D eigenvalue weighted by atomic mass is 16.5. The Labute approximate surface area is 151 Å². The summed E-state index contributed by atoms with van der Waals surface area (Å²) in [6, 6.07) is 9.61. The van der Waals surface area contributed by atoms with Crippen LogP contribution in [-0.2, 0) is 0 Å². The number of ketones is 2. The largest absolute Gasteiger partial charge is 0.493 e. The molecule has 0 aliphatic heterocycles. The van der Waals surface area contributed by atoms with Crippen LogP contribution in [-0.4, -0.2) is 48.2 Å². The zero-order valence-electron chi connectivity index (χ0n) is 14.2. The second-order valence-corrected chi connectivity index (χ2v) is 5.92. The van der Waals surface area contributed by atoms with Gasteiger partial charge in [-0.15, -0.1) is 0 Å². The predicted octanol–water partition coefficient (Wildman–Crippen LogP) is 1.98. The van der Waals surface area contributed by atoms with Crippen molar-refractivity contribution in [3.05, 3.63) is 58.7 Å². The summed E-state index contributed by atoms with van der Waals surface area (Å²) < 4.78 is 11.0. The fourth-order valence-electron chi connectivity index (χ4n) is 2.80. The molecule has 26 heavy (non-hydrogen) atoms. The predicted molar refractivity (Wildman–Crippen MR) is 94.1 cm³/mol. The second kappa shape index (κ2) is 8.12. The van der Waals surface area contributed by atoms with Crippen molar-refractivity contribution < 1.29 is 29.3 Å². The third-order valence-electron chi connectivity index (χ3n) is 4.10. The van der Waals surface area contributed by atoms with Crippen LogP contribution in [0.2, 0.25) is 0 Å². The molecule has 0 bridgehead atoms. The van der Waals surface area contributed by atoms with E-state index >= 15 is 0 Å². The molecule has 0 unspecified atom stereocenters. The average molecular weight is 356 g/mol. The molecule has 6 nitrogen and oxygen atoms in total. The lowest BCUT2D eigenvalue weighted by Crippen LogP contribution is -2.21. The van der Waals surface area contributed by atoms with Crippen molar-refractivity contribution in [3.8, 4) is 11.5 Å². The minimum Gasteiger partial charge on any atom is -0.493 e. The average Bonchev–Trinajstić information content (AvgIpc) is 2.66. The van der Waals surface area contributed by atoms with Gasteiger partial charge in [0.15, 0.2) is 11.6 Å². The van der Waals surface area contributed by atoms with E-state index in [1.165, 1.54) is 0 Å². The lowest BCUT2D eigenvalue weighted by atomic mass is 9.84. The zero-order valence-corrected chi connectivity index (χ0v) is 14.2. The van der Waals surface area contributed by atoms with Crippen molar-refractivity contribution in [3.63, 3.8) is 0 Å².